The first-order valence-electron chi connectivity index (χ1n) is 9.75. The number of piperazine rings is 1. The molecule has 1 aliphatic heterocycles. The Bertz CT molecular complexity index is 940. The molecule has 1 atom stereocenters. The fourth-order valence-corrected chi connectivity index (χ4v) is 4.90. The standard InChI is InChI=1S/C22H27N3O2S/c1-3-18(2)21-7-9-22(10-8-21)28(26,27)25-13-11-24(12-14-25)17-20-6-4-5-19(15-20)16-23/h4-10,15,18H,3,11-14,17H2,1-2H3/t18-/m0/s1. The Hall–Kier alpha value is -2.20. The van der Waals surface area contributed by atoms with E-state index in [1.165, 1.54) is 5.56 Å². The summed E-state index contributed by atoms with van der Waals surface area (Å²) in [4.78, 5) is 2.60. The van der Waals surface area contributed by atoms with E-state index in [9.17, 15) is 8.42 Å². The Balaban J connectivity index is 1.62. The maximum atomic E-state index is 13.0. The molecule has 1 saturated heterocycles. The summed E-state index contributed by atoms with van der Waals surface area (Å²) in [5.41, 5.74) is 2.90. The van der Waals surface area contributed by atoms with Crippen molar-refractivity contribution in [3.8, 4) is 6.07 Å². The molecule has 28 heavy (non-hydrogen) atoms. The first-order valence-corrected chi connectivity index (χ1v) is 11.2. The van der Waals surface area contributed by atoms with Gasteiger partial charge in [-0.3, -0.25) is 4.90 Å². The molecule has 3 rings (SSSR count). The van der Waals surface area contributed by atoms with Gasteiger partial charge in [-0.1, -0.05) is 38.1 Å². The maximum Gasteiger partial charge on any atom is 0.243 e. The van der Waals surface area contributed by atoms with E-state index >= 15 is 0 Å². The minimum Gasteiger partial charge on any atom is -0.296 e. The highest BCUT2D eigenvalue weighted by molar-refractivity contribution is 7.89. The zero-order valence-electron chi connectivity index (χ0n) is 16.5. The summed E-state index contributed by atoms with van der Waals surface area (Å²) in [6, 6.07) is 17.1. The smallest absolute Gasteiger partial charge is 0.243 e. The first kappa shape index (κ1) is 20.5. The van der Waals surface area contributed by atoms with E-state index < -0.39 is 10.0 Å². The normalized spacial score (nSPS) is 17.2. The van der Waals surface area contributed by atoms with Gasteiger partial charge in [0.1, 0.15) is 0 Å². The molecule has 6 heteroatoms. The molecule has 2 aromatic carbocycles. The average molecular weight is 398 g/mol. The predicted octanol–water partition coefficient (Wildman–Crippen LogP) is 3.58. The average Bonchev–Trinajstić information content (AvgIpc) is 2.74. The van der Waals surface area contributed by atoms with Crippen molar-refractivity contribution >= 4 is 10.0 Å². The van der Waals surface area contributed by atoms with Gasteiger partial charge in [0.15, 0.2) is 0 Å². The summed E-state index contributed by atoms with van der Waals surface area (Å²) in [6.07, 6.45) is 1.03. The van der Waals surface area contributed by atoms with Crippen LogP contribution in [0.25, 0.3) is 0 Å². The third kappa shape index (κ3) is 4.61. The van der Waals surface area contributed by atoms with Gasteiger partial charge in [0.2, 0.25) is 10.0 Å². The van der Waals surface area contributed by atoms with Gasteiger partial charge in [0.25, 0.3) is 0 Å². The van der Waals surface area contributed by atoms with Crippen LogP contribution in [-0.2, 0) is 16.6 Å². The highest BCUT2D eigenvalue weighted by Crippen LogP contribution is 2.23. The Morgan fingerprint density at radius 2 is 1.75 bits per heavy atom. The number of benzene rings is 2. The second kappa shape index (κ2) is 8.87. The van der Waals surface area contributed by atoms with Gasteiger partial charge in [-0.2, -0.15) is 9.57 Å². The molecule has 0 aromatic heterocycles. The van der Waals surface area contributed by atoms with Crippen LogP contribution in [0.5, 0.6) is 0 Å². The third-order valence-corrected chi connectivity index (χ3v) is 7.41. The van der Waals surface area contributed by atoms with E-state index in [2.05, 4.69) is 24.8 Å². The van der Waals surface area contributed by atoms with Crippen molar-refractivity contribution < 1.29 is 8.42 Å². The lowest BCUT2D eigenvalue weighted by Crippen LogP contribution is -2.48. The highest BCUT2D eigenvalue weighted by atomic mass is 32.2. The Kier molecular flexibility index (Phi) is 6.50. The van der Waals surface area contributed by atoms with E-state index in [-0.39, 0.29) is 0 Å². The van der Waals surface area contributed by atoms with E-state index in [1.807, 2.05) is 30.3 Å². The topological polar surface area (TPSA) is 64.4 Å². The molecule has 0 aliphatic carbocycles. The van der Waals surface area contributed by atoms with E-state index in [1.54, 1.807) is 22.5 Å². The van der Waals surface area contributed by atoms with Crippen LogP contribution in [0.2, 0.25) is 0 Å². The zero-order chi connectivity index (χ0) is 20.1. The molecule has 1 aliphatic rings. The Morgan fingerprint density at radius 3 is 2.36 bits per heavy atom. The molecule has 0 radical (unpaired) electrons. The van der Waals surface area contributed by atoms with Crippen LogP contribution in [0.1, 0.15) is 42.9 Å². The second-order valence-corrected chi connectivity index (χ2v) is 9.31. The van der Waals surface area contributed by atoms with Gasteiger partial charge < -0.3 is 0 Å². The van der Waals surface area contributed by atoms with E-state index in [4.69, 9.17) is 5.26 Å². The highest BCUT2D eigenvalue weighted by Gasteiger charge is 2.28. The van der Waals surface area contributed by atoms with E-state index in [0.717, 1.165) is 18.5 Å². The van der Waals surface area contributed by atoms with Gasteiger partial charge in [-0.15, -0.1) is 0 Å². The summed E-state index contributed by atoms with van der Waals surface area (Å²) >= 11 is 0. The van der Waals surface area contributed by atoms with Gasteiger partial charge in [-0.05, 0) is 47.7 Å². The SMILES string of the molecule is CC[C@H](C)c1ccc(S(=O)(=O)N2CCN(Cc3cccc(C#N)c3)CC2)cc1. The summed E-state index contributed by atoms with van der Waals surface area (Å²) in [5, 5.41) is 9.02. The molecule has 1 heterocycles. The first-order chi connectivity index (χ1) is 13.4. The van der Waals surface area contributed by atoms with Gasteiger partial charge >= 0.3 is 0 Å². The predicted molar refractivity (Wildman–Crippen MR) is 110 cm³/mol. The van der Waals surface area contributed by atoms with Crippen molar-refractivity contribution in [1.29, 1.82) is 5.26 Å². The molecule has 0 unspecified atom stereocenters. The molecular formula is C22H27N3O2S. The lowest BCUT2D eigenvalue weighted by atomic mass is 9.99. The zero-order valence-corrected chi connectivity index (χ0v) is 17.3. The number of rotatable bonds is 6. The van der Waals surface area contributed by atoms with Crippen molar-refractivity contribution in [2.75, 3.05) is 26.2 Å². The minimum absolute atomic E-state index is 0.370. The molecule has 5 nitrogen and oxygen atoms in total. The number of nitrogens with zero attached hydrogens (tertiary/aromatic N) is 3. The molecule has 0 spiro atoms. The monoisotopic (exact) mass is 397 g/mol. The fraction of sp³-hybridized carbons (Fsp3) is 0.409. The van der Waals surface area contributed by atoms with Crippen LogP contribution in [0, 0.1) is 11.3 Å². The van der Waals surface area contributed by atoms with Crippen molar-refractivity contribution in [3.63, 3.8) is 0 Å². The van der Waals surface area contributed by atoms with Gasteiger partial charge in [-0.25, -0.2) is 8.42 Å². The quantitative estimate of drug-likeness (QED) is 0.747. The molecule has 0 amide bonds. The lowest BCUT2D eigenvalue weighted by Gasteiger charge is -2.34. The van der Waals surface area contributed by atoms with Gasteiger partial charge in [0, 0.05) is 32.7 Å². The van der Waals surface area contributed by atoms with Crippen molar-refractivity contribution in [3.05, 3.63) is 65.2 Å². The molecule has 2 aromatic rings. The summed E-state index contributed by atoms with van der Waals surface area (Å²) in [7, 11) is -3.45. The number of hydrogen-bond acceptors (Lipinski definition) is 4. The summed E-state index contributed by atoms with van der Waals surface area (Å²) in [5.74, 6) is 0.430. The molecule has 148 valence electrons. The third-order valence-electron chi connectivity index (χ3n) is 5.49. The minimum atomic E-state index is -3.45. The summed E-state index contributed by atoms with van der Waals surface area (Å²) in [6.45, 7) is 7.33. The molecule has 1 fully saturated rings. The van der Waals surface area contributed by atoms with Crippen LogP contribution in [0.15, 0.2) is 53.4 Å². The summed E-state index contributed by atoms with van der Waals surface area (Å²) < 4.78 is 27.5. The van der Waals surface area contributed by atoms with Crippen molar-refractivity contribution in [2.24, 2.45) is 0 Å². The second-order valence-electron chi connectivity index (χ2n) is 7.37. The largest absolute Gasteiger partial charge is 0.296 e. The Labute approximate surface area is 168 Å². The maximum absolute atomic E-state index is 13.0. The van der Waals surface area contributed by atoms with Crippen molar-refractivity contribution in [2.45, 2.75) is 37.6 Å². The van der Waals surface area contributed by atoms with Crippen LogP contribution in [0.3, 0.4) is 0 Å². The van der Waals surface area contributed by atoms with Gasteiger partial charge in [0.05, 0.1) is 16.5 Å². The van der Waals surface area contributed by atoms with Crippen LogP contribution < -0.4 is 0 Å². The fourth-order valence-electron chi connectivity index (χ4n) is 3.48. The van der Waals surface area contributed by atoms with Crippen molar-refractivity contribution in [1.82, 2.24) is 9.21 Å². The van der Waals surface area contributed by atoms with E-state index in [0.29, 0.717) is 42.6 Å². The number of sulfonamides is 1. The molecular weight excluding hydrogens is 370 g/mol. The molecule has 0 N–H and O–H groups in total. The number of hydrogen-bond donors (Lipinski definition) is 0. The molecule has 0 bridgehead atoms. The Morgan fingerprint density at radius 1 is 1.07 bits per heavy atom. The van der Waals surface area contributed by atoms with Crippen LogP contribution >= 0.6 is 0 Å². The van der Waals surface area contributed by atoms with Crippen LogP contribution in [0.4, 0.5) is 0 Å². The number of nitriles is 1. The lowest BCUT2D eigenvalue weighted by molar-refractivity contribution is 0.181. The molecule has 0 saturated carbocycles. The van der Waals surface area contributed by atoms with Crippen LogP contribution in [-0.4, -0.2) is 43.8 Å².